The Morgan fingerprint density at radius 1 is 1.10 bits per heavy atom. The number of para-hydroxylation sites is 1. The Labute approximate surface area is 132 Å². The fourth-order valence-corrected chi connectivity index (χ4v) is 3.59. The average molecular weight is 363 g/mol. The van der Waals surface area contributed by atoms with Crippen LogP contribution >= 0.6 is 15.9 Å². The molecule has 0 amide bonds. The summed E-state index contributed by atoms with van der Waals surface area (Å²) >= 11 is 3.33. The van der Waals surface area contributed by atoms with E-state index in [9.17, 15) is 9.00 Å². The van der Waals surface area contributed by atoms with Gasteiger partial charge in [0.1, 0.15) is 5.58 Å². The summed E-state index contributed by atoms with van der Waals surface area (Å²) in [4.78, 5) is 12.8. The van der Waals surface area contributed by atoms with Crippen LogP contribution in [0.2, 0.25) is 0 Å². The van der Waals surface area contributed by atoms with Gasteiger partial charge in [0.05, 0.1) is 16.6 Å². The van der Waals surface area contributed by atoms with Gasteiger partial charge in [-0.05, 0) is 30.3 Å². The second kappa shape index (κ2) is 5.95. The standard InChI is InChI=1S/C16H11BrO3S/c17-12-5-3-6-13(9-12)21(19)10-14(18)16-8-11-4-1-2-7-15(11)20-16/h1-9H,10H2. The SMILES string of the molecule is O=C(CS(=O)c1cccc(Br)c1)c1cc2ccccc2o1. The Balaban J connectivity index is 1.81. The number of rotatable bonds is 4. The normalized spacial score (nSPS) is 12.4. The molecule has 0 N–H and O–H groups in total. The smallest absolute Gasteiger partial charge is 0.210 e. The van der Waals surface area contributed by atoms with Crippen molar-refractivity contribution in [1.29, 1.82) is 0 Å². The van der Waals surface area contributed by atoms with Crippen LogP contribution in [0.25, 0.3) is 11.0 Å². The van der Waals surface area contributed by atoms with Crippen LogP contribution in [0, 0.1) is 0 Å². The van der Waals surface area contributed by atoms with Crippen molar-refractivity contribution in [3.05, 3.63) is 64.8 Å². The van der Waals surface area contributed by atoms with Crippen LogP contribution in [0.3, 0.4) is 0 Å². The third kappa shape index (κ3) is 3.14. The maximum absolute atomic E-state index is 12.2. The van der Waals surface area contributed by atoms with Crippen LogP contribution < -0.4 is 0 Å². The van der Waals surface area contributed by atoms with Gasteiger partial charge in [-0.1, -0.05) is 40.2 Å². The molecule has 0 spiro atoms. The molecule has 3 nitrogen and oxygen atoms in total. The number of carbonyl (C=O) groups excluding carboxylic acids is 1. The van der Waals surface area contributed by atoms with Gasteiger partial charge in [-0.15, -0.1) is 0 Å². The highest BCUT2D eigenvalue weighted by atomic mass is 79.9. The molecular weight excluding hydrogens is 352 g/mol. The van der Waals surface area contributed by atoms with Crippen molar-refractivity contribution in [3.63, 3.8) is 0 Å². The maximum atomic E-state index is 12.2. The summed E-state index contributed by atoms with van der Waals surface area (Å²) in [5.41, 5.74) is 0.661. The number of furan rings is 1. The fraction of sp³-hybridized carbons (Fsp3) is 0.0625. The molecule has 5 heteroatoms. The number of hydrogen-bond donors (Lipinski definition) is 0. The quantitative estimate of drug-likeness (QED) is 0.653. The van der Waals surface area contributed by atoms with Crippen LogP contribution in [0.4, 0.5) is 0 Å². The first-order valence-corrected chi connectivity index (χ1v) is 8.40. The molecule has 1 atom stereocenters. The second-order valence-electron chi connectivity index (χ2n) is 4.52. The molecule has 1 aromatic heterocycles. The summed E-state index contributed by atoms with van der Waals surface area (Å²) in [7, 11) is -1.39. The molecule has 0 aliphatic carbocycles. The number of hydrogen-bond acceptors (Lipinski definition) is 3. The van der Waals surface area contributed by atoms with Crippen LogP contribution in [-0.4, -0.2) is 15.7 Å². The van der Waals surface area contributed by atoms with E-state index in [0.717, 1.165) is 9.86 Å². The lowest BCUT2D eigenvalue weighted by Gasteiger charge is -2.01. The van der Waals surface area contributed by atoms with Gasteiger partial charge in [-0.2, -0.15) is 0 Å². The molecule has 3 rings (SSSR count). The lowest BCUT2D eigenvalue weighted by Crippen LogP contribution is -2.10. The molecule has 0 bridgehead atoms. The summed E-state index contributed by atoms with van der Waals surface area (Å²) in [6.07, 6.45) is 0. The number of halogens is 1. The van der Waals surface area contributed by atoms with Gasteiger partial charge in [0.15, 0.2) is 5.76 Å². The Kier molecular flexibility index (Phi) is 4.03. The van der Waals surface area contributed by atoms with Gasteiger partial charge in [0, 0.05) is 14.8 Å². The molecule has 0 fully saturated rings. The van der Waals surface area contributed by atoms with Crippen molar-refractivity contribution in [2.24, 2.45) is 0 Å². The Morgan fingerprint density at radius 2 is 1.90 bits per heavy atom. The molecule has 0 radical (unpaired) electrons. The van der Waals surface area contributed by atoms with E-state index in [1.54, 1.807) is 30.3 Å². The van der Waals surface area contributed by atoms with E-state index in [1.165, 1.54) is 0 Å². The zero-order chi connectivity index (χ0) is 14.8. The number of benzene rings is 2. The second-order valence-corrected chi connectivity index (χ2v) is 6.89. The third-order valence-corrected chi connectivity index (χ3v) is 4.82. The molecule has 3 aromatic rings. The summed E-state index contributed by atoms with van der Waals surface area (Å²) < 4.78 is 18.6. The fourth-order valence-electron chi connectivity index (χ4n) is 2.00. The van der Waals surface area contributed by atoms with E-state index in [4.69, 9.17) is 4.42 Å². The first kappa shape index (κ1) is 14.2. The number of Topliss-reactive ketones (excluding diaryl/α,β-unsaturated/α-hetero) is 1. The minimum atomic E-state index is -1.39. The molecule has 2 aromatic carbocycles. The minimum Gasteiger partial charge on any atom is -0.453 e. The average Bonchev–Trinajstić information content (AvgIpc) is 2.91. The van der Waals surface area contributed by atoms with Crippen molar-refractivity contribution >= 4 is 43.5 Å². The van der Waals surface area contributed by atoms with Crippen molar-refractivity contribution in [2.75, 3.05) is 5.75 Å². The third-order valence-electron chi connectivity index (χ3n) is 3.02. The van der Waals surface area contributed by atoms with E-state index in [1.807, 2.05) is 24.3 Å². The van der Waals surface area contributed by atoms with Crippen molar-refractivity contribution in [2.45, 2.75) is 4.90 Å². The Morgan fingerprint density at radius 3 is 2.67 bits per heavy atom. The highest BCUT2D eigenvalue weighted by Crippen LogP contribution is 2.20. The predicted molar refractivity (Wildman–Crippen MR) is 86.0 cm³/mol. The van der Waals surface area contributed by atoms with Gasteiger partial charge in [0.2, 0.25) is 5.78 Å². The van der Waals surface area contributed by atoms with E-state index in [0.29, 0.717) is 10.5 Å². The molecule has 1 unspecified atom stereocenters. The van der Waals surface area contributed by atoms with Crippen molar-refractivity contribution < 1.29 is 13.4 Å². The van der Waals surface area contributed by atoms with Crippen LogP contribution in [-0.2, 0) is 10.8 Å². The maximum Gasteiger partial charge on any atom is 0.210 e. The lowest BCUT2D eigenvalue weighted by molar-refractivity contribution is 0.0993. The highest BCUT2D eigenvalue weighted by molar-refractivity contribution is 9.10. The van der Waals surface area contributed by atoms with Crippen LogP contribution in [0.1, 0.15) is 10.6 Å². The van der Waals surface area contributed by atoms with Gasteiger partial charge in [-0.3, -0.25) is 9.00 Å². The van der Waals surface area contributed by atoms with Crippen molar-refractivity contribution in [1.82, 2.24) is 0 Å². The Hall–Kier alpha value is -1.72. The van der Waals surface area contributed by atoms with E-state index in [-0.39, 0.29) is 17.3 Å². The monoisotopic (exact) mass is 362 g/mol. The predicted octanol–water partition coefficient (Wildman–Crippen LogP) is 4.19. The number of fused-ring (bicyclic) bond motifs is 1. The first-order valence-electron chi connectivity index (χ1n) is 6.29. The van der Waals surface area contributed by atoms with Gasteiger partial charge in [0.25, 0.3) is 0 Å². The topological polar surface area (TPSA) is 47.3 Å². The molecule has 106 valence electrons. The molecular formula is C16H11BrO3S. The summed E-state index contributed by atoms with van der Waals surface area (Å²) in [6, 6.07) is 16.2. The number of ketones is 1. The zero-order valence-corrected chi connectivity index (χ0v) is 13.3. The molecule has 0 aliphatic rings. The van der Waals surface area contributed by atoms with E-state index >= 15 is 0 Å². The molecule has 1 heterocycles. The van der Waals surface area contributed by atoms with Gasteiger partial charge >= 0.3 is 0 Å². The van der Waals surface area contributed by atoms with Gasteiger partial charge < -0.3 is 4.42 Å². The van der Waals surface area contributed by atoms with Gasteiger partial charge in [-0.25, -0.2) is 0 Å². The van der Waals surface area contributed by atoms with E-state index < -0.39 is 10.8 Å². The molecule has 0 saturated carbocycles. The number of carbonyl (C=O) groups is 1. The zero-order valence-electron chi connectivity index (χ0n) is 10.9. The largest absolute Gasteiger partial charge is 0.453 e. The highest BCUT2D eigenvalue weighted by Gasteiger charge is 2.16. The molecule has 0 aliphatic heterocycles. The van der Waals surface area contributed by atoms with E-state index in [2.05, 4.69) is 15.9 Å². The Bertz CT molecular complexity index is 805. The van der Waals surface area contributed by atoms with Crippen LogP contribution in [0.15, 0.2) is 68.4 Å². The first-order chi connectivity index (χ1) is 10.1. The molecule has 21 heavy (non-hydrogen) atoms. The summed E-state index contributed by atoms with van der Waals surface area (Å²) in [5.74, 6) is -0.0972. The van der Waals surface area contributed by atoms with Crippen molar-refractivity contribution in [3.8, 4) is 0 Å². The molecule has 0 saturated heterocycles. The van der Waals surface area contributed by atoms with Crippen LogP contribution in [0.5, 0.6) is 0 Å². The lowest BCUT2D eigenvalue weighted by atomic mass is 10.2. The summed E-state index contributed by atoms with van der Waals surface area (Å²) in [6.45, 7) is 0. The minimum absolute atomic E-state index is 0.0870. The summed E-state index contributed by atoms with van der Waals surface area (Å²) in [5, 5.41) is 0.870.